The Balaban J connectivity index is 2.15. The monoisotopic (exact) mass is 387 g/mol. The zero-order valence-corrected chi connectivity index (χ0v) is 14.2. The van der Waals surface area contributed by atoms with Crippen molar-refractivity contribution in [2.45, 2.75) is 13.5 Å². The molecule has 0 saturated heterocycles. The van der Waals surface area contributed by atoms with Crippen molar-refractivity contribution in [3.63, 3.8) is 0 Å². The number of carbonyl (C=O) groups excluding carboxylic acids is 1. The van der Waals surface area contributed by atoms with Crippen molar-refractivity contribution in [2.75, 3.05) is 5.73 Å². The molecule has 0 unspecified atom stereocenters. The number of hydrogen-bond donors (Lipinski definition) is 1. The predicted octanol–water partition coefficient (Wildman–Crippen LogP) is 5.00. The smallest absolute Gasteiger partial charge is 0.338 e. The molecule has 21 heavy (non-hydrogen) atoms. The first-order valence-electron chi connectivity index (χ1n) is 6.05. The Morgan fingerprint density at radius 2 is 2.00 bits per heavy atom. The van der Waals surface area contributed by atoms with E-state index < -0.39 is 5.97 Å². The second kappa shape index (κ2) is 6.69. The summed E-state index contributed by atoms with van der Waals surface area (Å²) in [4.78, 5) is 12.2. The van der Waals surface area contributed by atoms with Crippen molar-refractivity contribution in [2.24, 2.45) is 0 Å². The molecule has 0 aliphatic heterocycles. The van der Waals surface area contributed by atoms with E-state index in [0.29, 0.717) is 32.4 Å². The summed E-state index contributed by atoms with van der Waals surface area (Å²) >= 11 is 15.2. The van der Waals surface area contributed by atoms with Crippen LogP contribution < -0.4 is 5.73 Å². The van der Waals surface area contributed by atoms with E-state index in [1.165, 1.54) is 0 Å². The van der Waals surface area contributed by atoms with Crippen LogP contribution in [-0.4, -0.2) is 5.97 Å². The molecule has 2 aromatic rings. The van der Waals surface area contributed by atoms with Crippen molar-refractivity contribution in [3.05, 3.63) is 61.5 Å². The van der Waals surface area contributed by atoms with E-state index in [1.807, 2.05) is 0 Å². The summed E-state index contributed by atoms with van der Waals surface area (Å²) in [7, 11) is 0. The lowest BCUT2D eigenvalue weighted by Gasteiger charge is -2.10. The standard InChI is InChI=1S/C15H12BrCl2NO2/c1-8-12(4-10(16)5-14(8)19)15(20)21-7-9-2-3-11(17)6-13(9)18/h2-6H,7,19H2,1H3. The molecule has 0 aliphatic rings. The highest BCUT2D eigenvalue weighted by atomic mass is 79.9. The van der Waals surface area contributed by atoms with Crippen molar-refractivity contribution < 1.29 is 9.53 Å². The fourth-order valence-corrected chi connectivity index (χ4v) is 2.71. The molecule has 0 atom stereocenters. The molecule has 2 N–H and O–H groups in total. The van der Waals surface area contributed by atoms with Gasteiger partial charge in [0.15, 0.2) is 0 Å². The van der Waals surface area contributed by atoms with Crippen LogP contribution in [0.2, 0.25) is 10.0 Å². The number of anilines is 1. The van der Waals surface area contributed by atoms with Crippen molar-refractivity contribution >= 4 is 50.8 Å². The fourth-order valence-electron chi connectivity index (χ4n) is 1.77. The minimum absolute atomic E-state index is 0.0701. The van der Waals surface area contributed by atoms with E-state index in [4.69, 9.17) is 33.7 Å². The van der Waals surface area contributed by atoms with Gasteiger partial charge in [0, 0.05) is 25.8 Å². The molecule has 0 spiro atoms. The van der Waals surface area contributed by atoms with Gasteiger partial charge < -0.3 is 10.5 Å². The van der Waals surface area contributed by atoms with Crippen LogP contribution in [0.1, 0.15) is 21.5 Å². The van der Waals surface area contributed by atoms with Crippen molar-refractivity contribution in [1.82, 2.24) is 0 Å². The van der Waals surface area contributed by atoms with Crippen LogP contribution >= 0.6 is 39.1 Å². The van der Waals surface area contributed by atoms with E-state index in [1.54, 1.807) is 37.3 Å². The number of rotatable bonds is 3. The maximum atomic E-state index is 12.2. The number of nitrogens with two attached hydrogens (primary N) is 1. The van der Waals surface area contributed by atoms with Crippen LogP contribution in [0.4, 0.5) is 5.69 Å². The van der Waals surface area contributed by atoms with Gasteiger partial charge in [-0.15, -0.1) is 0 Å². The zero-order chi connectivity index (χ0) is 15.6. The molecule has 0 radical (unpaired) electrons. The average Bonchev–Trinajstić information content (AvgIpc) is 2.41. The Kier molecular flexibility index (Phi) is 5.14. The lowest BCUT2D eigenvalue weighted by Crippen LogP contribution is -2.09. The first-order valence-corrected chi connectivity index (χ1v) is 7.60. The zero-order valence-electron chi connectivity index (χ0n) is 11.1. The summed E-state index contributed by atoms with van der Waals surface area (Å²) in [5.41, 5.74) is 8.16. The fraction of sp³-hybridized carbons (Fsp3) is 0.133. The van der Waals surface area contributed by atoms with Gasteiger partial charge in [-0.1, -0.05) is 45.2 Å². The third kappa shape index (κ3) is 3.90. The maximum absolute atomic E-state index is 12.2. The predicted molar refractivity (Wildman–Crippen MR) is 88.9 cm³/mol. The second-order valence-corrected chi connectivity index (χ2v) is 6.24. The summed E-state index contributed by atoms with van der Waals surface area (Å²) in [6.07, 6.45) is 0. The molecule has 3 nitrogen and oxygen atoms in total. The molecule has 110 valence electrons. The van der Waals surface area contributed by atoms with Crippen LogP contribution in [-0.2, 0) is 11.3 Å². The Labute approximate surface area is 141 Å². The summed E-state index contributed by atoms with van der Waals surface area (Å²) in [5, 5.41) is 0.992. The SMILES string of the molecule is Cc1c(N)cc(Br)cc1C(=O)OCc1ccc(Cl)cc1Cl. The largest absolute Gasteiger partial charge is 0.457 e. The molecule has 0 aliphatic carbocycles. The molecule has 0 heterocycles. The summed E-state index contributed by atoms with van der Waals surface area (Å²) < 4.78 is 6.01. The first-order chi connectivity index (χ1) is 9.88. The number of carbonyl (C=O) groups is 1. The van der Waals surface area contributed by atoms with E-state index >= 15 is 0 Å². The number of benzene rings is 2. The minimum Gasteiger partial charge on any atom is -0.457 e. The quantitative estimate of drug-likeness (QED) is 0.594. The topological polar surface area (TPSA) is 52.3 Å². The molecular formula is C15H12BrCl2NO2. The Bertz CT molecular complexity index is 704. The van der Waals surface area contributed by atoms with Gasteiger partial charge in [-0.3, -0.25) is 0 Å². The van der Waals surface area contributed by atoms with Gasteiger partial charge in [0.2, 0.25) is 0 Å². The van der Waals surface area contributed by atoms with Crippen molar-refractivity contribution in [3.8, 4) is 0 Å². The van der Waals surface area contributed by atoms with Crippen LogP contribution in [0, 0.1) is 6.92 Å². The van der Waals surface area contributed by atoms with E-state index in [9.17, 15) is 4.79 Å². The van der Waals surface area contributed by atoms with Crippen LogP contribution in [0.25, 0.3) is 0 Å². The molecule has 0 amide bonds. The van der Waals surface area contributed by atoms with Gasteiger partial charge in [-0.05, 0) is 36.8 Å². The Morgan fingerprint density at radius 1 is 1.29 bits per heavy atom. The molecule has 0 aromatic heterocycles. The lowest BCUT2D eigenvalue weighted by molar-refractivity contribution is 0.0472. The Morgan fingerprint density at radius 3 is 2.67 bits per heavy atom. The van der Waals surface area contributed by atoms with Crippen LogP contribution in [0.15, 0.2) is 34.8 Å². The highest BCUT2D eigenvalue weighted by molar-refractivity contribution is 9.10. The third-order valence-corrected chi connectivity index (χ3v) is 4.05. The number of halogens is 3. The van der Waals surface area contributed by atoms with Crippen LogP contribution in [0.3, 0.4) is 0 Å². The van der Waals surface area contributed by atoms with Gasteiger partial charge in [0.25, 0.3) is 0 Å². The first kappa shape index (κ1) is 16.1. The third-order valence-electron chi connectivity index (χ3n) is 3.01. The highest BCUT2D eigenvalue weighted by Crippen LogP contribution is 2.25. The molecular weight excluding hydrogens is 377 g/mol. The second-order valence-electron chi connectivity index (χ2n) is 4.48. The summed E-state index contributed by atoms with van der Waals surface area (Å²) in [5.74, 6) is -0.452. The summed E-state index contributed by atoms with van der Waals surface area (Å²) in [6, 6.07) is 8.44. The normalized spacial score (nSPS) is 10.5. The minimum atomic E-state index is -0.452. The number of nitrogen functional groups attached to an aromatic ring is 1. The molecule has 2 rings (SSSR count). The number of hydrogen-bond acceptors (Lipinski definition) is 3. The van der Waals surface area contributed by atoms with Crippen molar-refractivity contribution in [1.29, 1.82) is 0 Å². The number of esters is 1. The van der Waals surface area contributed by atoms with Crippen LogP contribution in [0.5, 0.6) is 0 Å². The van der Waals surface area contributed by atoms with Gasteiger partial charge in [-0.2, -0.15) is 0 Å². The molecule has 0 saturated carbocycles. The van der Waals surface area contributed by atoms with E-state index in [0.717, 1.165) is 4.47 Å². The maximum Gasteiger partial charge on any atom is 0.338 e. The number of ether oxygens (including phenoxy) is 1. The molecule has 0 bridgehead atoms. The van der Waals surface area contributed by atoms with Gasteiger partial charge in [0.1, 0.15) is 6.61 Å². The van der Waals surface area contributed by atoms with Gasteiger partial charge >= 0.3 is 5.97 Å². The summed E-state index contributed by atoms with van der Waals surface area (Å²) in [6.45, 7) is 1.84. The highest BCUT2D eigenvalue weighted by Gasteiger charge is 2.14. The van der Waals surface area contributed by atoms with E-state index in [-0.39, 0.29) is 6.61 Å². The van der Waals surface area contributed by atoms with Gasteiger partial charge in [-0.25, -0.2) is 4.79 Å². The molecule has 2 aromatic carbocycles. The lowest BCUT2D eigenvalue weighted by atomic mass is 10.1. The van der Waals surface area contributed by atoms with E-state index in [2.05, 4.69) is 15.9 Å². The molecule has 0 fully saturated rings. The molecule has 6 heteroatoms. The average molecular weight is 389 g/mol. The Hall–Kier alpha value is -1.23. The van der Waals surface area contributed by atoms with Gasteiger partial charge in [0.05, 0.1) is 5.56 Å².